The van der Waals surface area contributed by atoms with Crippen molar-refractivity contribution in [2.24, 2.45) is 5.10 Å². The highest BCUT2D eigenvalue weighted by atomic mass is 32.2. The minimum atomic E-state index is -3.93. The Kier molecular flexibility index (Phi) is 5.97. The van der Waals surface area contributed by atoms with Crippen LogP contribution in [0.5, 0.6) is 5.75 Å². The van der Waals surface area contributed by atoms with Crippen LogP contribution in [0.3, 0.4) is 0 Å². The van der Waals surface area contributed by atoms with Gasteiger partial charge in [-0.05, 0) is 53.4 Å². The maximum absolute atomic E-state index is 13.5. The Morgan fingerprint density at radius 3 is 2.44 bits per heavy atom. The fraction of sp³-hybridized carbons (Fsp3) is 0.190. The highest BCUT2D eigenvalue weighted by Gasteiger charge is 2.38. The summed E-state index contributed by atoms with van der Waals surface area (Å²) in [5.74, 6) is 0.555. The summed E-state index contributed by atoms with van der Waals surface area (Å²) in [6.45, 7) is 0. The molecule has 168 valence electrons. The number of hydrogen-bond donors (Lipinski definition) is 1. The Hall–Kier alpha value is -2.89. The molecule has 8 nitrogen and oxygen atoms in total. The van der Waals surface area contributed by atoms with Crippen LogP contribution in [-0.4, -0.2) is 40.3 Å². The van der Waals surface area contributed by atoms with Crippen molar-refractivity contribution >= 4 is 42.8 Å². The highest BCUT2D eigenvalue weighted by Crippen LogP contribution is 2.39. The normalized spacial score (nSPS) is 16.6. The Morgan fingerprint density at radius 1 is 1.06 bits per heavy atom. The van der Waals surface area contributed by atoms with Gasteiger partial charge in [-0.25, -0.2) is 8.42 Å². The second kappa shape index (κ2) is 8.57. The van der Waals surface area contributed by atoms with Crippen LogP contribution in [0.1, 0.15) is 22.9 Å². The Morgan fingerprint density at radius 2 is 1.81 bits per heavy atom. The van der Waals surface area contributed by atoms with Gasteiger partial charge in [0.15, 0.2) is 0 Å². The van der Waals surface area contributed by atoms with Crippen molar-refractivity contribution in [3.8, 4) is 5.75 Å². The van der Waals surface area contributed by atoms with Gasteiger partial charge in [0.25, 0.3) is 10.0 Å². The summed E-state index contributed by atoms with van der Waals surface area (Å²) in [6.07, 6.45) is 1.43. The van der Waals surface area contributed by atoms with Crippen molar-refractivity contribution in [3.05, 3.63) is 76.5 Å². The molecule has 0 unspecified atom stereocenters. The van der Waals surface area contributed by atoms with Crippen LogP contribution in [0.4, 0.5) is 5.69 Å². The van der Waals surface area contributed by atoms with E-state index >= 15 is 0 Å². The Labute approximate surface area is 191 Å². The van der Waals surface area contributed by atoms with Gasteiger partial charge in [0, 0.05) is 17.0 Å². The molecule has 1 N–H and O–H groups in total. The average Bonchev–Trinajstić information content (AvgIpc) is 3.43. The summed E-state index contributed by atoms with van der Waals surface area (Å²) in [4.78, 5) is 0.976. The summed E-state index contributed by atoms with van der Waals surface area (Å²) in [7, 11) is -5.86. The van der Waals surface area contributed by atoms with Crippen molar-refractivity contribution in [2.75, 3.05) is 18.1 Å². The molecule has 0 saturated heterocycles. The molecule has 0 spiro atoms. The summed E-state index contributed by atoms with van der Waals surface area (Å²) in [6, 6.07) is 16.2. The third-order valence-corrected chi connectivity index (χ3v) is 8.12. The number of rotatable bonds is 7. The number of nitrogens with one attached hydrogen (secondary N) is 1. The van der Waals surface area contributed by atoms with Crippen LogP contribution in [0.25, 0.3) is 0 Å². The van der Waals surface area contributed by atoms with Crippen molar-refractivity contribution < 1.29 is 21.6 Å². The van der Waals surface area contributed by atoms with Gasteiger partial charge in [0.2, 0.25) is 10.0 Å². The predicted molar refractivity (Wildman–Crippen MR) is 125 cm³/mol. The van der Waals surface area contributed by atoms with Crippen LogP contribution in [0.15, 0.2) is 76.0 Å². The molecule has 2 aromatic carbocycles. The molecule has 3 aromatic rings. The molecule has 0 radical (unpaired) electrons. The van der Waals surface area contributed by atoms with E-state index in [1.165, 1.54) is 30.6 Å². The van der Waals surface area contributed by atoms with E-state index in [-0.39, 0.29) is 4.90 Å². The lowest BCUT2D eigenvalue weighted by Gasteiger charge is -2.22. The smallest absolute Gasteiger partial charge is 0.279 e. The fourth-order valence-corrected chi connectivity index (χ4v) is 6.27. The summed E-state index contributed by atoms with van der Waals surface area (Å²) < 4.78 is 58.8. The first-order chi connectivity index (χ1) is 15.2. The van der Waals surface area contributed by atoms with Crippen LogP contribution < -0.4 is 9.46 Å². The van der Waals surface area contributed by atoms with E-state index in [0.717, 1.165) is 15.5 Å². The van der Waals surface area contributed by atoms with Crippen LogP contribution in [0.2, 0.25) is 0 Å². The lowest BCUT2D eigenvalue weighted by Crippen LogP contribution is -2.26. The monoisotopic (exact) mass is 491 g/mol. The minimum absolute atomic E-state index is 0.109. The van der Waals surface area contributed by atoms with Crippen molar-refractivity contribution in [3.63, 3.8) is 0 Å². The van der Waals surface area contributed by atoms with Gasteiger partial charge < -0.3 is 4.74 Å². The van der Waals surface area contributed by atoms with E-state index in [0.29, 0.717) is 29.1 Å². The zero-order valence-electron chi connectivity index (χ0n) is 17.3. The molecule has 1 aliphatic rings. The number of benzene rings is 2. The molecule has 2 heterocycles. The van der Waals surface area contributed by atoms with Crippen molar-refractivity contribution in [1.82, 2.24) is 4.41 Å². The molecule has 11 heteroatoms. The van der Waals surface area contributed by atoms with Gasteiger partial charge in [0.1, 0.15) is 11.8 Å². The fourth-order valence-electron chi connectivity index (χ4n) is 3.41. The molecule has 1 aliphatic heterocycles. The molecule has 0 fully saturated rings. The van der Waals surface area contributed by atoms with E-state index in [1.807, 2.05) is 17.5 Å². The number of sulfonamides is 2. The number of hydrogen-bond acceptors (Lipinski definition) is 7. The van der Waals surface area contributed by atoms with Crippen molar-refractivity contribution in [1.29, 1.82) is 0 Å². The molecule has 0 bridgehead atoms. The first-order valence-corrected chi connectivity index (χ1v) is 13.8. The molecule has 32 heavy (non-hydrogen) atoms. The zero-order valence-corrected chi connectivity index (χ0v) is 19.7. The van der Waals surface area contributed by atoms with E-state index in [4.69, 9.17) is 4.74 Å². The number of nitrogens with zero attached hydrogens (tertiary/aromatic N) is 2. The lowest BCUT2D eigenvalue weighted by atomic mass is 10.0. The Bertz CT molecular complexity index is 1350. The van der Waals surface area contributed by atoms with Crippen LogP contribution >= 0.6 is 11.3 Å². The van der Waals surface area contributed by atoms with Gasteiger partial charge in [-0.15, -0.1) is 11.3 Å². The topological polar surface area (TPSA) is 105 Å². The molecule has 1 atom stereocenters. The first kappa shape index (κ1) is 22.3. The standard InChI is InChI=1S/C21H21N3O5S3/c1-29-17-8-10-18(11-9-17)32(27,28)24-20(21-7-4-12-30-21)14-19(22-24)15-5-3-6-16(13-15)23-31(2,25)26/h3-13,20,23H,14H2,1-2H3/t20-/m0/s1. The van der Waals surface area contributed by atoms with E-state index < -0.39 is 26.1 Å². The summed E-state index contributed by atoms with van der Waals surface area (Å²) >= 11 is 1.46. The number of methoxy groups -OCH3 is 1. The lowest BCUT2D eigenvalue weighted by molar-refractivity contribution is 0.375. The molecule has 0 aliphatic carbocycles. The number of thiophene rings is 1. The van der Waals surface area contributed by atoms with Gasteiger partial charge in [-0.2, -0.15) is 17.9 Å². The molecular formula is C21H21N3O5S3. The van der Waals surface area contributed by atoms with E-state index in [9.17, 15) is 16.8 Å². The van der Waals surface area contributed by atoms with Crippen LogP contribution in [0, 0.1) is 0 Å². The maximum Gasteiger partial charge on any atom is 0.279 e. The number of hydrazone groups is 1. The summed E-state index contributed by atoms with van der Waals surface area (Å²) in [5.41, 5.74) is 1.59. The minimum Gasteiger partial charge on any atom is -0.497 e. The van der Waals surface area contributed by atoms with Gasteiger partial charge in [0.05, 0.1) is 24.0 Å². The predicted octanol–water partition coefficient (Wildman–Crippen LogP) is 3.67. The third-order valence-electron chi connectivity index (χ3n) is 4.85. The third kappa shape index (κ3) is 4.64. The second-order valence-corrected chi connectivity index (χ2v) is 11.7. The molecule has 4 rings (SSSR count). The van der Waals surface area contributed by atoms with Gasteiger partial charge in [-0.3, -0.25) is 4.72 Å². The quantitative estimate of drug-likeness (QED) is 0.543. The van der Waals surface area contributed by atoms with Gasteiger partial charge in [-0.1, -0.05) is 18.2 Å². The first-order valence-electron chi connectivity index (χ1n) is 9.55. The number of anilines is 1. The average molecular weight is 492 g/mol. The maximum atomic E-state index is 13.5. The molecule has 1 aromatic heterocycles. The van der Waals surface area contributed by atoms with Crippen LogP contribution in [-0.2, 0) is 20.0 Å². The molecule has 0 saturated carbocycles. The van der Waals surface area contributed by atoms with E-state index in [2.05, 4.69) is 9.82 Å². The molecule has 0 amide bonds. The zero-order chi connectivity index (χ0) is 22.9. The Balaban J connectivity index is 1.74. The van der Waals surface area contributed by atoms with Gasteiger partial charge >= 0.3 is 0 Å². The number of ether oxygens (including phenoxy) is 1. The second-order valence-electron chi connectivity index (χ2n) is 7.19. The largest absolute Gasteiger partial charge is 0.497 e. The van der Waals surface area contributed by atoms with E-state index in [1.54, 1.807) is 36.4 Å². The molecular weight excluding hydrogens is 470 g/mol. The summed E-state index contributed by atoms with van der Waals surface area (Å²) in [5, 5.41) is 6.38. The SMILES string of the molecule is COc1ccc(S(=O)(=O)N2N=C(c3cccc(NS(C)(=O)=O)c3)C[C@H]2c2cccs2)cc1. The van der Waals surface area contributed by atoms with Crippen molar-refractivity contribution in [2.45, 2.75) is 17.4 Å². The highest BCUT2D eigenvalue weighted by molar-refractivity contribution is 7.92.